The van der Waals surface area contributed by atoms with Crippen molar-refractivity contribution in [3.63, 3.8) is 0 Å². The van der Waals surface area contributed by atoms with E-state index in [0.29, 0.717) is 6.67 Å². The first-order valence-electron chi connectivity index (χ1n) is 15.4. The maximum atomic E-state index is 6.61. The molecule has 2 aliphatic rings. The Hall–Kier alpha value is -5.82. The van der Waals surface area contributed by atoms with Crippen molar-refractivity contribution < 1.29 is 4.74 Å². The van der Waals surface area contributed by atoms with Crippen LogP contribution in [0.1, 0.15) is 0 Å². The first kappa shape index (κ1) is 27.5. The summed E-state index contributed by atoms with van der Waals surface area (Å²) in [6.07, 6.45) is 5.68. The summed E-state index contributed by atoms with van der Waals surface area (Å²) in [5.74, 6) is 3.21. The molecule has 4 heterocycles. The number of para-hydroxylation sites is 4. The number of ether oxygens (including phenoxy) is 1. The van der Waals surface area contributed by atoms with Crippen molar-refractivity contribution in [3.8, 4) is 17.2 Å². The van der Waals surface area contributed by atoms with Crippen LogP contribution in [-0.2, 0) is 0 Å². The van der Waals surface area contributed by atoms with Crippen molar-refractivity contribution in [3.05, 3.63) is 158 Å². The standard InChI is InChI=1S/C39H28N6OSe/c1-3-11-28(12-4-1)42-24-23-41-39(42)45-35-26-32(20-21-36(35)47-37-19-10-22-40-38(37)45)46-31-16-9-15-30(25-31)44-27-43(29-13-5-2-6-14-29)33-17-7-8-18-34(33)44/h1-26H,27H2. The topological polar surface area (TPSA) is 49.7 Å². The van der Waals surface area contributed by atoms with Gasteiger partial charge in [-0.05, 0) is 12.1 Å². The van der Waals surface area contributed by atoms with Gasteiger partial charge in [0.1, 0.15) is 0 Å². The van der Waals surface area contributed by atoms with Gasteiger partial charge in [-0.25, -0.2) is 0 Å². The summed E-state index contributed by atoms with van der Waals surface area (Å²) >= 11 is 0.0891. The zero-order valence-corrected chi connectivity index (χ0v) is 26.9. The summed E-state index contributed by atoms with van der Waals surface area (Å²) in [5.41, 5.74) is 6.65. The van der Waals surface area contributed by atoms with Gasteiger partial charge in [-0.15, -0.1) is 0 Å². The molecule has 0 amide bonds. The Morgan fingerprint density at radius 2 is 1.23 bits per heavy atom. The number of fused-ring (bicyclic) bond motifs is 3. The molecule has 47 heavy (non-hydrogen) atoms. The summed E-state index contributed by atoms with van der Waals surface area (Å²) in [6.45, 7) is 0.711. The number of nitrogens with zero attached hydrogens (tertiary/aromatic N) is 6. The van der Waals surface area contributed by atoms with E-state index in [0.717, 1.165) is 40.3 Å². The van der Waals surface area contributed by atoms with Crippen LogP contribution < -0.4 is 28.4 Å². The quantitative estimate of drug-likeness (QED) is 0.168. The van der Waals surface area contributed by atoms with Crippen LogP contribution in [-0.4, -0.2) is 36.2 Å². The van der Waals surface area contributed by atoms with Gasteiger partial charge in [0, 0.05) is 0 Å². The Labute approximate surface area is 279 Å². The third-order valence-electron chi connectivity index (χ3n) is 8.39. The third kappa shape index (κ3) is 4.91. The number of hydrogen-bond donors (Lipinski definition) is 0. The second kappa shape index (κ2) is 11.5. The zero-order valence-electron chi connectivity index (χ0n) is 25.2. The predicted octanol–water partition coefficient (Wildman–Crippen LogP) is 7.75. The zero-order chi connectivity index (χ0) is 31.2. The third-order valence-corrected chi connectivity index (χ3v) is 10.7. The molecule has 0 bridgehead atoms. The van der Waals surface area contributed by atoms with Crippen LogP contribution in [0.15, 0.2) is 158 Å². The molecule has 8 heteroatoms. The average molecular weight is 676 g/mol. The molecule has 0 radical (unpaired) electrons. The molecule has 9 rings (SSSR count). The minimum Gasteiger partial charge on any atom is -0.0602 e. The average Bonchev–Trinajstić information content (AvgIpc) is 3.77. The summed E-state index contributed by atoms with van der Waals surface area (Å²) in [6, 6.07) is 48.2. The van der Waals surface area contributed by atoms with Gasteiger partial charge in [0.25, 0.3) is 0 Å². The predicted molar refractivity (Wildman–Crippen MR) is 190 cm³/mol. The van der Waals surface area contributed by atoms with Crippen molar-refractivity contribution in [2.45, 2.75) is 0 Å². The molecular formula is C39H28N6OSe. The van der Waals surface area contributed by atoms with Crippen molar-refractivity contribution in [1.29, 1.82) is 0 Å². The van der Waals surface area contributed by atoms with Gasteiger partial charge < -0.3 is 0 Å². The van der Waals surface area contributed by atoms with Crippen molar-refractivity contribution >= 4 is 64.1 Å². The van der Waals surface area contributed by atoms with Gasteiger partial charge in [0.05, 0.1) is 0 Å². The molecule has 0 atom stereocenters. The van der Waals surface area contributed by atoms with Crippen molar-refractivity contribution in [1.82, 2.24) is 14.5 Å². The Morgan fingerprint density at radius 3 is 2.04 bits per heavy atom. The van der Waals surface area contributed by atoms with Crippen LogP contribution in [0.3, 0.4) is 0 Å². The maximum Gasteiger partial charge on any atom is -0.0383 e. The van der Waals surface area contributed by atoms with E-state index in [-0.39, 0.29) is 15.0 Å². The van der Waals surface area contributed by atoms with Crippen LogP contribution >= 0.6 is 0 Å². The minimum atomic E-state index is 0.0891. The molecular weight excluding hydrogens is 647 g/mol. The van der Waals surface area contributed by atoms with Gasteiger partial charge in [-0.1, -0.05) is 24.3 Å². The fourth-order valence-corrected chi connectivity index (χ4v) is 8.37. The van der Waals surface area contributed by atoms with Crippen LogP contribution in [0.4, 0.5) is 40.2 Å². The monoisotopic (exact) mass is 676 g/mol. The molecule has 5 aromatic carbocycles. The molecule has 7 aromatic rings. The van der Waals surface area contributed by atoms with E-state index in [1.165, 1.54) is 26.0 Å². The molecule has 0 saturated carbocycles. The summed E-state index contributed by atoms with van der Waals surface area (Å²) in [7, 11) is 0. The largest absolute Gasteiger partial charge is 0.0602 e. The van der Waals surface area contributed by atoms with Crippen LogP contribution in [0.2, 0.25) is 0 Å². The number of benzene rings is 5. The van der Waals surface area contributed by atoms with Gasteiger partial charge in [-0.3, -0.25) is 0 Å². The number of aromatic nitrogens is 3. The van der Waals surface area contributed by atoms with Crippen molar-refractivity contribution in [2.75, 3.05) is 21.4 Å². The molecule has 0 fully saturated rings. The van der Waals surface area contributed by atoms with E-state index in [9.17, 15) is 0 Å². The van der Waals surface area contributed by atoms with Gasteiger partial charge in [-0.2, -0.15) is 0 Å². The first-order chi connectivity index (χ1) is 23.3. The van der Waals surface area contributed by atoms with E-state index in [2.05, 4.69) is 128 Å². The molecule has 0 unspecified atom stereocenters. The van der Waals surface area contributed by atoms with Crippen molar-refractivity contribution in [2.24, 2.45) is 0 Å². The Bertz CT molecular complexity index is 2220. The summed E-state index contributed by atoms with van der Waals surface area (Å²) in [5, 5.41) is 0. The van der Waals surface area contributed by atoms with E-state index in [1.54, 1.807) is 0 Å². The molecule has 0 saturated heterocycles. The minimum absolute atomic E-state index is 0.0891. The molecule has 2 aliphatic heterocycles. The first-order valence-corrected chi connectivity index (χ1v) is 17.1. The van der Waals surface area contributed by atoms with Gasteiger partial charge >= 0.3 is 244 Å². The van der Waals surface area contributed by atoms with E-state index in [1.807, 2.05) is 48.9 Å². The van der Waals surface area contributed by atoms with E-state index < -0.39 is 0 Å². The SMILES string of the molecule is c1ccc(N2CN(c3cccc(Oc4ccc5c(c4)N(c4nccn4-c4ccccc4)c4ncccc4[Se]5)c3)c3ccccc32)cc1. The number of imidazole rings is 1. The fraction of sp³-hybridized carbons (Fsp3) is 0.0256. The summed E-state index contributed by atoms with van der Waals surface area (Å²) in [4.78, 5) is 16.5. The molecule has 7 nitrogen and oxygen atoms in total. The van der Waals surface area contributed by atoms with Crippen LogP contribution in [0, 0.1) is 0 Å². The fourth-order valence-electron chi connectivity index (χ4n) is 6.25. The van der Waals surface area contributed by atoms with Gasteiger partial charge in [0.15, 0.2) is 0 Å². The second-order valence-electron chi connectivity index (χ2n) is 11.2. The normalized spacial score (nSPS) is 13.2. The van der Waals surface area contributed by atoms with Crippen LogP contribution in [0.25, 0.3) is 5.69 Å². The Kier molecular flexibility index (Phi) is 6.74. The van der Waals surface area contributed by atoms with Crippen LogP contribution in [0.5, 0.6) is 11.5 Å². The Balaban J connectivity index is 1.06. The molecule has 0 spiro atoms. The summed E-state index contributed by atoms with van der Waals surface area (Å²) < 4.78 is 11.2. The maximum absolute atomic E-state index is 6.61. The second-order valence-corrected chi connectivity index (χ2v) is 13.5. The smallest absolute Gasteiger partial charge is 0.0383 e. The van der Waals surface area contributed by atoms with E-state index >= 15 is 0 Å². The molecule has 2 aromatic heterocycles. The molecule has 0 N–H and O–H groups in total. The Morgan fingerprint density at radius 1 is 0.532 bits per heavy atom. The molecule has 226 valence electrons. The number of rotatable bonds is 6. The number of pyridine rings is 1. The van der Waals surface area contributed by atoms with Gasteiger partial charge in [0.2, 0.25) is 0 Å². The van der Waals surface area contributed by atoms with E-state index in [4.69, 9.17) is 14.7 Å². The number of anilines is 7. The molecule has 0 aliphatic carbocycles. The number of hydrogen-bond acceptors (Lipinski definition) is 6.